The minimum atomic E-state index is -0.335. The summed E-state index contributed by atoms with van der Waals surface area (Å²) in [5, 5.41) is 0. The van der Waals surface area contributed by atoms with Crippen LogP contribution in [0.15, 0.2) is 12.2 Å². The van der Waals surface area contributed by atoms with Crippen molar-refractivity contribution < 1.29 is 19.1 Å². The summed E-state index contributed by atoms with van der Waals surface area (Å²) in [5.74, 6) is 2.17. The first-order valence-electron chi connectivity index (χ1n) is 12.5. The zero-order valence-electron chi connectivity index (χ0n) is 18.5. The van der Waals surface area contributed by atoms with Crippen LogP contribution in [0.2, 0.25) is 0 Å². The molecule has 8 unspecified atom stereocenters. The Bertz CT molecular complexity index is 710. The van der Waals surface area contributed by atoms with E-state index < -0.39 is 0 Å². The highest BCUT2D eigenvalue weighted by atomic mass is 16.6. The average molecular weight is 413 g/mol. The van der Waals surface area contributed by atoms with Crippen molar-refractivity contribution >= 4 is 11.9 Å². The van der Waals surface area contributed by atoms with Crippen molar-refractivity contribution in [1.82, 2.24) is 0 Å². The Kier molecular flexibility index (Phi) is 4.26. The average Bonchev–Trinajstić information content (AvgIpc) is 3.50. The molecule has 4 bridgehead atoms. The van der Waals surface area contributed by atoms with Crippen molar-refractivity contribution in [2.24, 2.45) is 47.3 Å². The number of carbonyl (C=O) groups excluding carboxylic acids is 2. The van der Waals surface area contributed by atoms with Gasteiger partial charge in [0.15, 0.2) is 0 Å². The van der Waals surface area contributed by atoms with Crippen LogP contribution in [-0.4, -0.2) is 23.1 Å². The second-order valence-corrected chi connectivity index (χ2v) is 11.9. The van der Waals surface area contributed by atoms with Crippen LogP contribution < -0.4 is 0 Å². The van der Waals surface area contributed by atoms with E-state index in [0.717, 1.165) is 57.8 Å². The maximum absolute atomic E-state index is 13.6. The summed E-state index contributed by atoms with van der Waals surface area (Å²) < 4.78 is 12.3. The summed E-state index contributed by atoms with van der Waals surface area (Å²) in [6.07, 6.45) is 15.3. The van der Waals surface area contributed by atoms with Crippen molar-refractivity contribution in [1.29, 1.82) is 0 Å². The van der Waals surface area contributed by atoms with Crippen LogP contribution in [0.4, 0.5) is 0 Å². The van der Waals surface area contributed by atoms with Gasteiger partial charge in [0.25, 0.3) is 0 Å². The van der Waals surface area contributed by atoms with E-state index >= 15 is 0 Å². The van der Waals surface area contributed by atoms with Gasteiger partial charge in [0.2, 0.25) is 0 Å². The zero-order valence-corrected chi connectivity index (χ0v) is 18.5. The van der Waals surface area contributed by atoms with Crippen LogP contribution in [0, 0.1) is 47.3 Å². The van der Waals surface area contributed by atoms with E-state index in [2.05, 4.69) is 26.0 Å². The van der Waals surface area contributed by atoms with Gasteiger partial charge in [0.1, 0.15) is 11.2 Å². The second kappa shape index (κ2) is 6.59. The molecule has 0 aromatic carbocycles. The summed E-state index contributed by atoms with van der Waals surface area (Å²) in [5.41, 5.74) is -0.669. The number of carbonyl (C=O) groups is 2. The molecule has 0 amide bonds. The molecule has 8 atom stereocenters. The van der Waals surface area contributed by atoms with Gasteiger partial charge in [-0.3, -0.25) is 9.59 Å². The van der Waals surface area contributed by atoms with Crippen LogP contribution in [0.5, 0.6) is 0 Å². The van der Waals surface area contributed by atoms with Crippen LogP contribution >= 0.6 is 0 Å². The van der Waals surface area contributed by atoms with Gasteiger partial charge in [-0.1, -0.05) is 12.2 Å². The maximum Gasteiger partial charge on any atom is 0.310 e. The molecule has 0 spiro atoms. The molecule has 5 fully saturated rings. The van der Waals surface area contributed by atoms with E-state index in [-0.39, 0.29) is 35.0 Å². The number of hydrogen-bond donors (Lipinski definition) is 0. The van der Waals surface area contributed by atoms with E-state index in [1.54, 1.807) is 0 Å². The van der Waals surface area contributed by atoms with Crippen molar-refractivity contribution in [2.45, 2.75) is 89.3 Å². The predicted octanol–water partition coefficient (Wildman–Crippen LogP) is 5.06. The van der Waals surface area contributed by atoms with Gasteiger partial charge in [-0.25, -0.2) is 0 Å². The van der Waals surface area contributed by atoms with Crippen molar-refractivity contribution in [3.8, 4) is 0 Å². The summed E-state index contributed by atoms with van der Waals surface area (Å²) >= 11 is 0. The molecule has 4 nitrogen and oxygen atoms in total. The topological polar surface area (TPSA) is 52.6 Å². The third kappa shape index (κ3) is 2.77. The summed E-state index contributed by atoms with van der Waals surface area (Å²) in [6.45, 7) is 4.17. The van der Waals surface area contributed by atoms with Gasteiger partial charge < -0.3 is 9.47 Å². The fraction of sp³-hybridized carbons (Fsp3) is 0.846. The first kappa shape index (κ1) is 19.4. The fourth-order valence-electron chi connectivity index (χ4n) is 8.75. The van der Waals surface area contributed by atoms with Gasteiger partial charge in [0, 0.05) is 0 Å². The monoisotopic (exact) mass is 412 g/mol. The molecule has 0 aromatic rings. The highest BCUT2D eigenvalue weighted by molar-refractivity contribution is 5.84. The van der Waals surface area contributed by atoms with Gasteiger partial charge in [-0.2, -0.15) is 0 Å². The van der Waals surface area contributed by atoms with Crippen molar-refractivity contribution in [3.05, 3.63) is 12.2 Å². The number of ether oxygens (including phenoxy) is 2. The molecule has 6 rings (SSSR count). The van der Waals surface area contributed by atoms with Crippen LogP contribution in [0.1, 0.15) is 78.1 Å². The van der Waals surface area contributed by atoms with Gasteiger partial charge in [-0.05, 0) is 114 Å². The van der Waals surface area contributed by atoms with Crippen molar-refractivity contribution in [3.63, 3.8) is 0 Å². The maximum atomic E-state index is 13.6. The third-order valence-electron chi connectivity index (χ3n) is 9.99. The van der Waals surface area contributed by atoms with Crippen LogP contribution in [0.25, 0.3) is 0 Å². The lowest BCUT2D eigenvalue weighted by Gasteiger charge is -2.41. The minimum Gasteiger partial charge on any atom is -0.459 e. The smallest absolute Gasteiger partial charge is 0.310 e. The summed E-state index contributed by atoms with van der Waals surface area (Å²) in [4.78, 5) is 27.2. The molecule has 0 saturated heterocycles. The van der Waals surface area contributed by atoms with Gasteiger partial charge in [0.05, 0.1) is 11.8 Å². The number of allylic oxidation sites excluding steroid dienone is 2. The highest BCUT2D eigenvalue weighted by Gasteiger charge is 2.68. The lowest BCUT2D eigenvalue weighted by molar-refractivity contribution is -0.181. The molecule has 164 valence electrons. The first-order chi connectivity index (χ1) is 14.4. The molecule has 0 N–H and O–H groups in total. The molecule has 30 heavy (non-hydrogen) atoms. The largest absolute Gasteiger partial charge is 0.459 e. The Morgan fingerprint density at radius 2 is 1.10 bits per heavy atom. The Hall–Kier alpha value is -1.32. The van der Waals surface area contributed by atoms with Crippen LogP contribution in [0.3, 0.4) is 0 Å². The SMILES string of the molecule is CC1(OC(=O)C2C3CC(C2C(=O)OC2(C)CCCC2)C2C4C=CC(C4)C32)CCCC1. The number of hydrogen-bond acceptors (Lipinski definition) is 4. The standard InChI is InChI=1S/C26H36O4/c1-25(9-3-4-10-25)29-23(27)21-17-14-18(20-16-8-7-15(13-16)19(17)20)22(21)24(28)30-26(2)11-5-6-12-26/h7-8,15-22H,3-6,9-14H2,1-2H3. The van der Waals surface area contributed by atoms with E-state index in [1.165, 1.54) is 6.42 Å². The molecule has 6 aliphatic rings. The van der Waals surface area contributed by atoms with Gasteiger partial charge in [-0.15, -0.1) is 0 Å². The quantitative estimate of drug-likeness (QED) is 0.368. The normalized spacial score (nSPS) is 46.3. The number of fused-ring (bicyclic) bond motifs is 9. The molecular formula is C26H36O4. The van der Waals surface area contributed by atoms with Crippen molar-refractivity contribution in [2.75, 3.05) is 0 Å². The number of rotatable bonds is 4. The predicted molar refractivity (Wildman–Crippen MR) is 112 cm³/mol. The second-order valence-electron chi connectivity index (χ2n) is 11.9. The van der Waals surface area contributed by atoms with E-state index in [4.69, 9.17) is 9.47 Å². The van der Waals surface area contributed by atoms with Crippen LogP contribution in [-0.2, 0) is 19.1 Å². The fourth-order valence-corrected chi connectivity index (χ4v) is 8.75. The highest BCUT2D eigenvalue weighted by Crippen LogP contribution is 2.69. The molecule has 0 heterocycles. The van der Waals surface area contributed by atoms with E-state index in [1.807, 2.05) is 0 Å². The van der Waals surface area contributed by atoms with Gasteiger partial charge >= 0.3 is 11.9 Å². The minimum absolute atomic E-state index is 0.101. The molecule has 4 heteroatoms. The van der Waals surface area contributed by atoms with E-state index in [0.29, 0.717) is 35.5 Å². The first-order valence-corrected chi connectivity index (χ1v) is 12.5. The molecule has 6 aliphatic carbocycles. The molecule has 0 radical (unpaired) electrons. The molecule has 5 saturated carbocycles. The summed E-state index contributed by atoms with van der Waals surface area (Å²) in [7, 11) is 0. The summed E-state index contributed by atoms with van der Waals surface area (Å²) in [6, 6.07) is 0. The molecule has 0 aliphatic heterocycles. The lowest BCUT2D eigenvalue weighted by atomic mass is 9.64. The Balaban J connectivity index is 1.29. The Morgan fingerprint density at radius 1 is 0.700 bits per heavy atom. The number of esters is 2. The zero-order chi connectivity index (χ0) is 20.7. The Labute approximate surface area is 180 Å². The Morgan fingerprint density at radius 3 is 1.50 bits per heavy atom. The van der Waals surface area contributed by atoms with E-state index in [9.17, 15) is 9.59 Å². The lowest BCUT2D eigenvalue weighted by Crippen LogP contribution is -2.47. The molecular weight excluding hydrogens is 376 g/mol. The third-order valence-corrected chi connectivity index (χ3v) is 9.99. The molecule has 0 aromatic heterocycles.